The van der Waals surface area contributed by atoms with Crippen LogP contribution in [0, 0.1) is 0 Å². The van der Waals surface area contributed by atoms with Gasteiger partial charge in [0.1, 0.15) is 0 Å². The van der Waals surface area contributed by atoms with Gasteiger partial charge in [0, 0.05) is 17.6 Å². The SMILES string of the molecule is CCCOc1ccc(C(=O)N(C(C)C)C2CC2)cc1OCC. The van der Waals surface area contributed by atoms with Gasteiger partial charge < -0.3 is 14.4 Å². The Bertz CT molecular complexity index is 507. The molecule has 1 amide bonds. The van der Waals surface area contributed by atoms with E-state index in [1.54, 1.807) is 0 Å². The highest BCUT2D eigenvalue weighted by Gasteiger charge is 2.34. The number of benzene rings is 1. The lowest BCUT2D eigenvalue weighted by Crippen LogP contribution is -2.38. The van der Waals surface area contributed by atoms with Crippen molar-refractivity contribution in [3.63, 3.8) is 0 Å². The maximum absolute atomic E-state index is 12.8. The van der Waals surface area contributed by atoms with E-state index in [0.717, 1.165) is 19.3 Å². The van der Waals surface area contributed by atoms with E-state index in [4.69, 9.17) is 9.47 Å². The fourth-order valence-electron chi connectivity index (χ4n) is 2.56. The molecule has 22 heavy (non-hydrogen) atoms. The minimum Gasteiger partial charge on any atom is -0.490 e. The smallest absolute Gasteiger partial charge is 0.254 e. The summed E-state index contributed by atoms with van der Waals surface area (Å²) in [4.78, 5) is 14.8. The summed E-state index contributed by atoms with van der Waals surface area (Å²) in [7, 11) is 0. The Kier molecular flexibility index (Phi) is 5.69. The number of nitrogens with zero attached hydrogens (tertiary/aromatic N) is 1. The fraction of sp³-hybridized carbons (Fsp3) is 0.611. The third-order valence-corrected chi connectivity index (χ3v) is 3.68. The highest BCUT2D eigenvalue weighted by atomic mass is 16.5. The van der Waals surface area contributed by atoms with Gasteiger partial charge in [0.2, 0.25) is 0 Å². The van der Waals surface area contributed by atoms with Crippen LogP contribution < -0.4 is 9.47 Å². The molecule has 1 aromatic rings. The summed E-state index contributed by atoms with van der Waals surface area (Å²) >= 11 is 0. The van der Waals surface area contributed by atoms with Gasteiger partial charge in [-0.1, -0.05) is 6.92 Å². The summed E-state index contributed by atoms with van der Waals surface area (Å²) in [5.41, 5.74) is 0.674. The lowest BCUT2D eigenvalue weighted by atomic mass is 10.1. The van der Waals surface area contributed by atoms with Crippen molar-refractivity contribution in [2.24, 2.45) is 0 Å². The van der Waals surface area contributed by atoms with Crippen LogP contribution in [0.2, 0.25) is 0 Å². The van der Waals surface area contributed by atoms with Crippen molar-refractivity contribution in [3.05, 3.63) is 23.8 Å². The third-order valence-electron chi connectivity index (χ3n) is 3.68. The van der Waals surface area contributed by atoms with Crippen molar-refractivity contribution >= 4 is 5.91 Å². The quantitative estimate of drug-likeness (QED) is 0.731. The molecule has 0 aromatic heterocycles. The Hall–Kier alpha value is -1.71. The molecule has 0 unspecified atom stereocenters. The molecule has 1 aromatic carbocycles. The minimum absolute atomic E-state index is 0.0838. The number of rotatable bonds is 8. The molecule has 0 spiro atoms. The summed E-state index contributed by atoms with van der Waals surface area (Å²) in [5.74, 6) is 1.45. The van der Waals surface area contributed by atoms with Gasteiger partial charge in [-0.15, -0.1) is 0 Å². The lowest BCUT2D eigenvalue weighted by Gasteiger charge is -2.27. The van der Waals surface area contributed by atoms with Crippen molar-refractivity contribution in [3.8, 4) is 11.5 Å². The molecular weight excluding hydrogens is 278 g/mol. The van der Waals surface area contributed by atoms with Crippen LogP contribution in [0.3, 0.4) is 0 Å². The molecule has 0 heterocycles. The molecule has 1 aliphatic carbocycles. The van der Waals surface area contributed by atoms with E-state index < -0.39 is 0 Å². The monoisotopic (exact) mass is 305 g/mol. The number of hydrogen-bond acceptors (Lipinski definition) is 3. The molecule has 0 saturated heterocycles. The van der Waals surface area contributed by atoms with E-state index in [2.05, 4.69) is 20.8 Å². The molecule has 0 aliphatic heterocycles. The maximum Gasteiger partial charge on any atom is 0.254 e. The predicted molar refractivity (Wildman–Crippen MR) is 87.7 cm³/mol. The molecule has 1 saturated carbocycles. The topological polar surface area (TPSA) is 38.8 Å². The first-order valence-corrected chi connectivity index (χ1v) is 8.30. The number of ether oxygens (including phenoxy) is 2. The Morgan fingerprint density at radius 2 is 1.95 bits per heavy atom. The number of carbonyl (C=O) groups excluding carboxylic acids is 1. The number of carbonyl (C=O) groups is 1. The van der Waals surface area contributed by atoms with Crippen LogP contribution in [0.1, 0.15) is 57.3 Å². The zero-order chi connectivity index (χ0) is 16.1. The zero-order valence-electron chi connectivity index (χ0n) is 14.1. The second-order valence-corrected chi connectivity index (χ2v) is 5.98. The molecule has 0 bridgehead atoms. The minimum atomic E-state index is 0.0838. The van der Waals surface area contributed by atoms with Crippen LogP contribution >= 0.6 is 0 Å². The Balaban J connectivity index is 2.22. The van der Waals surface area contributed by atoms with Crippen molar-refractivity contribution < 1.29 is 14.3 Å². The van der Waals surface area contributed by atoms with Gasteiger partial charge in [-0.25, -0.2) is 0 Å². The first-order valence-electron chi connectivity index (χ1n) is 8.30. The van der Waals surface area contributed by atoms with E-state index >= 15 is 0 Å². The normalized spacial score (nSPS) is 14.0. The fourth-order valence-corrected chi connectivity index (χ4v) is 2.56. The van der Waals surface area contributed by atoms with Crippen LogP contribution in [0.15, 0.2) is 18.2 Å². The number of amides is 1. The van der Waals surface area contributed by atoms with Gasteiger partial charge in [-0.3, -0.25) is 4.79 Å². The van der Waals surface area contributed by atoms with E-state index in [-0.39, 0.29) is 11.9 Å². The standard InChI is InChI=1S/C18H27NO3/c1-5-11-22-16-10-7-14(12-17(16)21-6-2)18(20)19(13(3)4)15-8-9-15/h7,10,12-13,15H,5-6,8-9,11H2,1-4H3. The van der Waals surface area contributed by atoms with Crippen LogP contribution in [0.25, 0.3) is 0 Å². The molecule has 0 N–H and O–H groups in total. The summed E-state index contributed by atoms with van der Waals surface area (Å²) in [5, 5.41) is 0. The first-order chi connectivity index (χ1) is 10.6. The second kappa shape index (κ2) is 7.52. The highest BCUT2D eigenvalue weighted by molar-refractivity contribution is 5.95. The first kappa shape index (κ1) is 16.7. The molecule has 122 valence electrons. The molecule has 1 fully saturated rings. The third kappa shape index (κ3) is 3.93. The molecule has 0 radical (unpaired) electrons. The second-order valence-electron chi connectivity index (χ2n) is 5.98. The average Bonchev–Trinajstić information content (AvgIpc) is 3.30. The lowest BCUT2D eigenvalue weighted by molar-refractivity contribution is 0.0689. The average molecular weight is 305 g/mol. The van der Waals surface area contributed by atoms with Crippen molar-refractivity contribution in [2.45, 2.75) is 59.0 Å². The molecule has 1 aliphatic rings. The molecular formula is C18H27NO3. The van der Waals surface area contributed by atoms with Gasteiger partial charge >= 0.3 is 0 Å². The molecule has 0 atom stereocenters. The van der Waals surface area contributed by atoms with Gasteiger partial charge in [-0.2, -0.15) is 0 Å². The maximum atomic E-state index is 12.8. The van der Waals surface area contributed by atoms with Crippen molar-refractivity contribution in [1.29, 1.82) is 0 Å². The summed E-state index contributed by atoms with van der Waals surface area (Å²) in [6, 6.07) is 6.12. The Morgan fingerprint density at radius 3 is 2.50 bits per heavy atom. The molecule has 4 heteroatoms. The summed E-state index contributed by atoms with van der Waals surface area (Å²) < 4.78 is 11.3. The van der Waals surface area contributed by atoms with Gasteiger partial charge in [-0.05, 0) is 58.2 Å². The molecule has 2 rings (SSSR count). The van der Waals surface area contributed by atoms with Gasteiger partial charge in [0.15, 0.2) is 11.5 Å². The van der Waals surface area contributed by atoms with E-state index in [9.17, 15) is 4.79 Å². The van der Waals surface area contributed by atoms with Crippen molar-refractivity contribution in [1.82, 2.24) is 4.90 Å². The van der Waals surface area contributed by atoms with Gasteiger partial charge in [0.25, 0.3) is 5.91 Å². The largest absolute Gasteiger partial charge is 0.490 e. The van der Waals surface area contributed by atoms with Crippen LogP contribution in [-0.2, 0) is 0 Å². The van der Waals surface area contributed by atoms with Crippen LogP contribution in [-0.4, -0.2) is 36.1 Å². The Labute approximate surface area is 133 Å². The molecule has 4 nitrogen and oxygen atoms in total. The summed E-state index contributed by atoms with van der Waals surface area (Å²) in [6.45, 7) is 9.33. The van der Waals surface area contributed by atoms with E-state index in [1.165, 1.54) is 0 Å². The van der Waals surface area contributed by atoms with E-state index in [1.807, 2.05) is 30.0 Å². The Morgan fingerprint density at radius 1 is 1.23 bits per heavy atom. The van der Waals surface area contributed by atoms with E-state index in [0.29, 0.717) is 36.3 Å². The highest BCUT2D eigenvalue weighted by Crippen LogP contribution is 2.33. The van der Waals surface area contributed by atoms with Crippen LogP contribution in [0.4, 0.5) is 0 Å². The van der Waals surface area contributed by atoms with Crippen LogP contribution in [0.5, 0.6) is 11.5 Å². The predicted octanol–water partition coefficient (Wildman–Crippen LogP) is 3.89. The van der Waals surface area contributed by atoms with Crippen molar-refractivity contribution in [2.75, 3.05) is 13.2 Å². The van der Waals surface area contributed by atoms with Gasteiger partial charge in [0.05, 0.1) is 13.2 Å². The number of hydrogen-bond donors (Lipinski definition) is 0. The summed E-state index contributed by atoms with van der Waals surface area (Å²) in [6.07, 6.45) is 3.16. The zero-order valence-corrected chi connectivity index (χ0v) is 14.1.